The Hall–Kier alpha value is -3.41. The summed E-state index contributed by atoms with van der Waals surface area (Å²) in [6.07, 6.45) is 4.47. The smallest absolute Gasteiger partial charge is 0.316 e. The number of esters is 2. The monoisotopic (exact) mass is 508 g/mol. The van der Waals surface area contributed by atoms with Crippen molar-refractivity contribution in [2.24, 2.45) is 10.8 Å². The molecule has 0 fully saturated rings. The average Bonchev–Trinajstić information content (AvgIpc) is 2.82. The molecule has 0 saturated heterocycles. The van der Waals surface area contributed by atoms with E-state index >= 15 is 0 Å². The van der Waals surface area contributed by atoms with Crippen molar-refractivity contribution in [2.75, 3.05) is 6.61 Å². The zero-order valence-electron chi connectivity index (χ0n) is 23.6. The quantitative estimate of drug-likeness (QED) is 0.157. The van der Waals surface area contributed by atoms with Gasteiger partial charge >= 0.3 is 11.9 Å². The second-order valence-corrected chi connectivity index (χ2v) is 10.9. The molecule has 0 aliphatic carbocycles. The number of ketones is 1. The van der Waals surface area contributed by atoms with Crippen LogP contribution >= 0.6 is 0 Å². The minimum absolute atomic E-state index is 0.199. The summed E-state index contributed by atoms with van der Waals surface area (Å²) in [5.41, 5.74) is 1.62. The molecule has 2 aromatic rings. The molecule has 0 saturated carbocycles. The van der Waals surface area contributed by atoms with Crippen LogP contribution in [0.25, 0.3) is 6.08 Å². The van der Waals surface area contributed by atoms with Gasteiger partial charge in [-0.2, -0.15) is 0 Å². The fraction of sp³-hybridized carbons (Fsp3) is 0.452. The molecule has 0 radical (unpaired) electrons. The Morgan fingerprint density at radius 2 is 1.35 bits per heavy atom. The van der Waals surface area contributed by atoms with Gasteiger partial charge in [-0.1, -0.05) is 13.8 Å². The van der Waals surface area contributed by atoms with E-state index in [2.05, 4.69) is 0 Å². The van der Waals surface area contributed by atoms with Gasteiger partial charge in [-0.15, -0.1) is 0 Å². The van der Waals surface area contributed by atoms with E-state index < -0.39 is 10.8 Å². The summed E-state index contributed by atoms with van der Waals surface area (Å²) >= 11 is 0. The van der Waals surface area contributed by atoms with Gasteiger partial charge in [-0.25, -0.2) is 0 Å². The van der Waals surface area contributed by atoms with Gasteiger partial charge < -0.3 is 14.2 Å². The van der Waals surface area contributed by atoms with Crippen LogP contribution in [0.2, 0.25) is 0 Å². The summed E-state index contributed by atoms with van der Waals surface area (Å²) in [5, 5.41) is 0. The number of hydrogen-bond acceptors (Lipinski definition) is 6. The molecular weight excluding hydrogens is 468 g/mol. The molecule has 0 aromatic heterocycles. The van der Waals surface area contributed by atoms with E-state index in [1.54, 1.807) is 51.1 Å². The molecule has 0 amide bonds. The predicted molar refractivity (Wildman–Crippen MR) is 146 cm³/mol. The lowest BCUT2D eigenvalue weighted by Gasteiger charge is -2.23. The number of aryl methyl sites for hydroxylation is 1. The highest BCUT2D eigenvalue weighted by Crippen LogP contribution is 2.39. The van der Waals surface area contributed by atoms with Crippen LogP contribution in [0.15, 0.2) is 36.4 Å². The lowest BCUT2D eigenvalue weighted by Crippen LogP contribution is -2.26. The fourth-order valence-corrected chi connectivity index (χ4v) is 3.39. The Bertz CT molecular complexity index is 1160. The van der Waals surface area contributed by atoms with Crippen molar-refractivity contribution in [1.29, 1.82) is 0 Å². The van der Waals surface area contributed by atoms with E-state index in [1.165, 1.54) is 6.08 Å². The molecule has 0 spiro atoms. The van der Waals surface area contributed by atoms with Crippen molar-refractivity contribution in [3.05, 3.63) is 58.7 Å². The molecule has 2 rings (SSSR count). The van der Waals surface area contributed by atoms with Gasteiger partial charge in [0.25, 0.3) is 0 Å². The van der Waals surface area contributed by atoms with Gasteiger partial charge in [0.1, 0.15) is 17.2 Å². The topological polar surface area (TPSA) is 78.9 Å². The molecule has 2 aromatic carbocycles. The minimum atomic E-state index is -0.645. The Morgan fingerprint density at radius 1 is 0.784 bits per heavy atom. The zero-order chi connectivity index (χ0) is 28.0. The molecule has 0 unspecified atom stereocenters. The molecule has 200 valence electrons. The first-order chi connectivity index (χ1) is 17.2. The van der Waals surface area contributed by atoms with Crippen LogP contribution in [0.1, 0.15) is 89.4 Å². The highest BCUT2D eigenvalue weighted by Gasteiger charge is 2.27. The first-order valence-electron chi connectivity index (χ1n) is 12.8. The summed E-state index contributed by atoms with van der Waals surface area (Å²) in [6, 6.07) is 8.39. The van der Waals surface area contributed by atoms with E-state index in [9.17, 15) is 14.4 Å². The Kier molecular flexibility index (Phi) is 9.85. The van der Waals surface area contributed by atoms with Crippen molar-refractivity contribution in [3.63, 3.8) is 0 Å². The van der Waals surface area contributed by atoms with E-state index in [-0.39, 0.29) is 17.7 Å². The third-order valence-electron chi connectivity index (χ3n) is 5.64. The first kappa shape index (κ1) is 29.8. The zero-order valence-corrected chi connectivity index (χ0v) is 23.6. The van der Waals surface area contributed by atoms with Crippen molar-refractivity contribution >= 4 is 23.8 Å². The van der Waals surface area contributed by atoms with E-state index in [0.29, 0.717) is 42.3 Å². The third kappa shape index (κ3) is 7.78. The van der Waals surface area contributed by atoms with E-state index in [1.807, 2.05) is 47.6 Å². The van der Waals surface area contributed by atoms with Crippen molar-refractivity contribution in [3.8, 4) is 17.2 Å². The number of rotatable bonds is 9. The van der Waals surface area contributed by atoms with Crippen molar-refractivity contribution in [2.45, 2.75) is 75.2 Å². The Balaban J connectivity index is 2.39. The SMILES string of the molecule is CCOc1c(/C=C/C(=O)c2ccc(OC(=O)C(C)(C)C)cc2)cc(CC)c(OC(=O)C(C)(C)C)c1CC. The molecule has 0 atom stereocenters. The summed E-state index contributed by atoms with van der Waals surface area (Å²) in [5.74, 6) is 0.680. The molecule has 0 aliphatic rings. The summed E-state index contributed by atoms with van der Waals surface area (Å²) in [7, 11) is 0. The number of benzene rings is 2. The number of allylic oxidation sites excluding steroid dienone is 1. The number of hydrogen-bond donors (Lipinski definition) is 0. The van der Waals surface area contributed by atoms with Crippen LogP contribution in [-0.2, 0) is 22.4 Å². The summed E-state index contributed by atoms with van der Waals surface area (Å²) in [4.78, 5) is 37.7. The maximum absolute atomic E-state index is 12.9. The second-order valence-electron chi connectivity index (χ2n) is 10.9. The molecule has 0 heterocycles. The predicted octanol–water partition coefficient (Wildman–Crippen LogP) is 7.01. The largest absolute Gasteiger partial charge is 0.493 e. The van der Waals surface area contributed by atoms with Gasteiger partial charge in [-0.3, -0.25) is 14.4 Å². The van der Waals surface area contributed by atoms with E-state index in [0.717, 1.165) is 16.7 Å². The maximum Gasteiger partial charge on any atom is 0.316 e. The molecule has 0 N–H and O–H groups in total. The Labute approximate surface area is 221 Å². The maximum atomic E-state index is 12.9. The normalized spacial score (nSPS) is 11.9. The van der Waals surface area contributed by atoms with Crippen LogP contribution < -0.4 is 14.2 Å². The van der Waals surface area contributed by atoms with Crippen LogP contribution in [-0.4, -0.2) is 24.3 Å². The standard InChI is InChI=1S/C31H40O6/c1-10-20-19-22(26(35-12-3)24(11-2)27(20)37-29(34)31(7,8)9)15-18-25(32)21-13-16-23(17-14-21)36-28(33)30(4,5)6/h13-19H,10-12H2,1-9H3/b18-15+. The van der Waals surface area contributed by atoms with Crippen LogP contribution in [0, 0.1) is 10.8 Å². The van der Waals surface area contributed by atoms with Crippen molar-refractivity contribution < 1.29 is 28.6 Å². The van der Waals surface area contributed by atoms with Gasteiger partial charge in [0.2, 0.25) is 0 Å². The molecule has 6 nitrogen and oxygen atoms in total. The first-order valence-corrected chi connectivity index (χ1v) is 12.8. The summed E-state index contributed by atoms with van der Waals surface area (Å²) < 4.78 is 17.2. The lowest BCUT2D eigenvalue weighted by atomic mass is 9.95. The molecule has 37 heavy (non-hydrogen) atoms. The third-order valence-corrected chi connectivity index (χ3v) is 5.64. The Morgan fingerprint density at radius 3 is 1.84 bits per heavy atom. The molecular formula is C31H40O6. The van der Waals surface area contributed by atoms with Crippen LogP contribution in [0.5, 0.6) is 17.2 Å². The number of carbonyl (C=O) groups is 3. The minimum Gasteiger partial charge on any atom is -0.493 e. The van der Waals surface area contributed by atoms with Crippen molar-refractivity contribution in [1.82, 2.24) is 0 Å². The van der Waals surface area contributed by atoms with Gasteiger partial charge in [0.05, 0.1) is 17.4 Å². The molecule has 0 bridgehead atoms. The van der Waals surface area contributed by atoms with Crippen LogP contribution in [0.4, 0.5) is 0 Å². The molecule has 6 heteroatoms. The summed E-state index contributed by atoms with van der Waals surface area (Å²) in [6.45, 7) is 17.1. The number of carbonyl (C=O) groups excluding carboxylic acids is 3. The lowest BCUT2D eigenvalue weighted by molar-refractivity contribution is -0.143. The fourth-order valence-electron chi connectivity index (χ4n) is 3.39. The van der Waals surface area contributed by atoms with Gasteiger partial charge in [-0.05, 0) is 109 Å². The van der Waals surface area contributed by atoms with Crippen LogP contribution in [0.3, 0.4) is 0 Å². The highest BCUT2D eigenvalue weighted by molar-refractivity contribution is 6.07. The van der Waals surface area contributed by atoms with E-state index in [4.69, 9.17) is 14.2 Å². The molecule has 0 aliphatic heterocycles. The van der Waals surface area contributed by atoms with Gasteiger partial charge in [0.15, 0.2) is 5.78 Å². The van der Waals surface area contributed by atoms with Gasteiger partial charge in [0, 0.05) is 16.7 Å². The number of ether oxygens (including phenoxy) is 3. The average molecular weight is 509 g/mol. The highest BCUT2D eigenvalue weighted by atomic mass is 16.5. The second kappa shape index (κ2) is 12.2.